The quantitative estimate of drug-likeness (QED) is 0.470. The maximum atomic E-state index is 12.9. The third kappa shape index (κ3) is 3.93. The van der Waals surface area contributed by atoms with E-state index >= 15 is 0 Å². The molecule has 32 heavy (non-hydrogen) atoms. The number of hydrogen-bond acceptors (Lipinski definition) is 6. The van der Waals surface area contributed by atoms with Gasteiger partial charge in [-0.25, -0.2) is 4.68 Å². The lowest BCUT2D eigenvalue weighted by Gasteiger charge is -2.25. The Balaban J connectivity index is 1.32. The highest BCUT2D eigenvalue weighted by atomic mass is 32.1. The molecule has 0 saturated heterocycles. The fourth-order valence-corrected chi connectivity index (χ4v) is 3.99. The topological polar surface area (TPSA) is 94.5 Å². The molecule has 2 amide bonds. The molecule has 5 rings (SSSR count). The molecule has 2 aromatic carbocycles. The van der Waals surface area contributed by atoms with Gasteiger partial charge in [0, 0.05) is 6.20 Å². The van der Waals surface area contributed by atoms with E-state index in [1.54, 1.807) is 29.1 Å². The van der Waals surface area contributed by atoms with E-state index in [2.05, 4.69) is 16.0 Å². The van der Waals surface area contributed by atoms with Crippen LogP contribution in [0.25, 0.3) is 16.3 Å². The van der Waals surface area contributed by atoms with Crippen molar-refractivity contribution in [1.29, 1.82) is 0 Å². The normalized spacial score (nSPS) is 14.6. The van der Waals surface area contributed by atoms with Crippen LogP contribution in [0.5, 0.6) is 11.5 Å². The number of nitrogens with zero attached hydrogens (tertiary/aromatic N) is 2. The van der Waals surface area contributed by atoms with Crippen LogP contribution in [0.1, 0.15) is 10.4 Å². The Morgan fingerprint density at radius 1 is 0.969 bits per heavy atom. The van der Waals surface area contributed by atoms with E-state index in [4.69, 9.17) is 9.47 Å². The van der Waals surface area contributed by atoms with Gasteiger partial charge in [0.1, 0.15) is 12.3 Å². The van der Waals surface area contributed by atoms with Crippen molar-refractivity contribution >= 4 is 23.2 Å². The molecule has 0 fully saturated rings. The van der Waals surface area contributed by atoms with Crippen LogP contribution in [0.15, 0.2) is 78.3 Å². The fourth-order valence-electron chi connectivity index (χ4n) is 3.26. The number of hydrogen-bond donors (Lipinski definition) is 2. The molecular weight excluding hydrogens is 428 g/mol. The van der Waals surface area contributed by atoms with Crippen molar-refractivity contribution in [2.24, 2.45) is 0 Å². The summed E-state index contributed by atoms with van der Waals surface area (Å²) in [5.74, 6) is 0.0610. The average molecular weight is 446 g/mol. The predicted octanol–water partition coefficient (Wildman–Crippen LogP) is 3.20. The Kier molecular flexibility index (Phi) is 5.30. The molecule has 9 heteroatoms. The Morgan fingerprint density at radius 3 is 2.53 bits per heavy atom. The molecule has 0 aliphatic carbocycles. The highest BCUT2D eigenvalue weighted by Gasteiger charge is 2.28. The summed E-state index contributed by atoms with van der Waals surface area (Å²) in [7, 11) is 0. The minimum absolute atomic E-state index is 0.0467. The first-order chi connectivity index (χ1) is 15.7. The van der Waals surface area contributed by atoms with E-state index in [0.717, 1.165) is 10.6 Å². The van der Waals surface area contributed by atoms with Crippen molar-refractivity contribution < 1.29 is 19.1 Å². The summed E-state index contributed by atoms with van der Waals surface area (Å²) in [5, 5.41) is 6.51. The summed E-state index contributed by atoms with van der Waals surface area (Å²) in [6.45, 7) is 0.0467. The average Bonchev–Trinajstić information content (AvgIpc) is 3.53. The van der Waals surface area contributed by atoms with Crippen LogP contribution in [0, 0.1) is 0 Å². The van der Waals surface area contributed by atoms with Gasteiger partial charge in [-0.05, 0) is 35.7 Å². The van der Waals surface area contributed by atoms with E-state index in [9.17, 15) is 9.59 Å². The molecule has 2 N–H and O–H groups in total. The number of carbonyl (C=O) groups is 2. The smallest absolute Gasteiger partial charge is 0.283 e. The number of hydrazine groups is 1. The van der Waals surface area contributed by atoms with Gasteiger partial charge >= 0.3 is 0 Å². The summed E-state index contributed by atoms with van der Waals surface area (Å²) >= 11 is 1.48. The van der Waals surface area contributed by atoms with Gasteiger partial charge in [0.25, 0.3) is 11.8 Å². The van der Waals surface area contributed by atoms with Gasteiger partial charge in [0.2, 0.25) is 6.10 Å². The van der Waals surface area contributed by atoms with Crippen molar-refractivity contribution in [2.45, 2.75) is 6.10 Å². The van der Waals surface area contributed by atoms with Crippen molar-refractivity contribution in [1.82, 2.24) is 20.6 Å². The third-order valence-electron chi connectivity index (χ3n) is 4.83. The predicted molar refractivity (Wildman–Crippen MR) is 119 cm³/mol. The molecule has 0 spiro atoms. The van der Waals surface area contributed by atoms with Gasteiger partial charge < -0.3 is 9.47 Å². The van der Waals surface area contributed by atoms with E-state index in [1.165, 1.54) is 11.3 Å². The minimum Gasteiger partial charge on any atom is -0.485 e. The van der Waals surface area contributed by atoms with Gasteiger partial charge in [-0.2, -0.15) is 5.10 Å². The van der Waals surface area contributed by atoms with Crippen LogP contribution in [-0.2, 0) is 4.79 Å². The van der Waals surface area contributed by atoms with E-state index in [-0.39, 0.29) is 6.61 Å². The molecule has 0 saturated carbocycles. The second-order valence-electron chi connectivity index (χ2n) is 6.96. The zero-order valence-corrected chi connectivity index (χ0v) is 17.5. The molecule has 1 unspecified atom stereocenters. The molecule has 8 nitrogen and oxygen atoms in total. The SMILES string of the molecule is O=C(NNC(=O)C1COc2ccccc2O1)c1cn(-c2ccccc2)nc1-c1cccs1. The molecule has 3 heterocycles. The molecular formula is C23H18N4O4S. The highest BCUT2D eigenvalue weighted by molar-refractivity contribution is 7.13. The number of carbonyl (C=O) groups excluding carboxylic acids is 2. The van der Waals surface area contributed by atoms with Crippen LogP contribution < -0.4 is 20.3 Å². The van der Waals surface area contributed by atoms with Crippen LogP contribution in [0.4, 0.5) is 0 Å². The number of aromatic nitrogens is 2. The number of benzene rings is 2. The summed E-state index contributed by atoms with van der Waals surface area (Å²) in [4.78, 5) is 26.3. The summed E-state index contributed by atoms with van der Waals surface area (Å²) in [6.07, 6.45) is 0.761. The van der Waals surface area contributed by atoms with Crippen molar-refractivity contribution in [3.8, 4) is 27.8 Å². The summed E-state index contributed by atoms with van der Waals surface area (Å²) < 4.78 is 12.9. The fraction of sp³-hybridized carbons (Fsp3) is 0.0870. The second-order valence-corrected chi connectivity index (χ2v) is 7.90. The van der Waals surface area contributed by atoms with Gasteiger partial charge in [-0.3, -0.25) is 20.4 Å². The Bertz CT molecular complexity index is 1250. The van der Waals surface area contributed by atoms with Gasteiger partial charge in [-0.1, -0.05) is 36.4 Å². The number of amides is 2. The Morgan fingerprint density at radius 2 is 1.75 bits per heavy atom. The number of nitrogens with one attached hydrogen (secondary N) is 2. The van der Waals surface area contributed by atoms with E-state index in [0.29, 0.717) is 22.8 Å². The molecule has 1 aliphatic rings. The molecule has 0 bridgehead atoms. The Labute approximate surface area is 187 Å². The lowest BCUT2D eigenvalue weighted by atomic mass is 10.2. The molecule has 1 atom stereocenters. The van der Waals surface area contributed by atoms with E-state index in [1.807, 2.05) is 53.9 Å². The molecule has 0 radical (unpaired) electrons. The number of rotatable bonds is 4. The number of para-hydroxylation sites is 3. The first kappa shape index (κ1) is 19.8. The maximum absolute atomic E-state index is 12.9. The minimum atomic E-state index is -0.881. The number of ether oxygens (including phenoxy) is 2. The molecule has 1 aliphatic heterocycles. The molecule has 4 aromatic rings. The van der Waals surface area contributed by atoms with Crippen LogP contribution >= 0.6 is 11.3 Å². The zero-order chi connectivity index (χ0) is 21.9. The first-order valence-corrected chi connectivity index (χ1v) is 10.7. The van der Waals surface area contributed by atoms with Crippen LogP contribution in [0.2, 0.25) is 0 Å². The monoisotopic (exact) mass is 446 g/mol. The maximum Gasteiger partial charge on any atom is 0.283 e. The van der Waals surface area contributed by atoms with Crippen molar-refractivity contribution in [2.75, 3.05) is 6.61 Å². The van der Waals surface area contributed by atoms with Crippen LogP contribution in [-0.4, -0.2) is 34.3 Å². The van der Waals surface area contributed by atoms with Crippen molar-refractivity contribution in [3.05, 3.63) is 83.9 Å². The second kappa shape index (κ2) is 8.56. The largest absolute Gasteiger partial charge is 0.485 e. The first-order valence-electron chi connectivity index (χ1n) is 9.87. The Hall–Kier alpha value is -4.11. The van der Waals surface area contributed by atoms with Gasteiger partial charge in [0.15, 0.2) is 11.5 Å². The highest BCUT2D eigenvalue weighted by Crippen LogP contribution is 2.31. The number of thiophene rings is 1. The summed E-state index contributed by atoms with van der Waals surface area (Å²) in [6, 6.07) is 20.4. The standard InChI is InChI=1S/C23H18N4O4S/c28-22(24-25-23(29)19-14-30-17-9-4-5-10-18(17)31-19)16-13-27(15-7-2-1-3-8-15)26-21(16)20-11-6-12-32-20/h1-13,19H,14H2,(H,24,28)(H,25,29). The van der Waals surface area contributed by atoms with Crippen LogP contribution in [0.3, 0.4) is 0 Å². The molecule has 160 valence electrons. The van der Waals surface area contributed by atoms with Gasteiger partial charge in [-0.15, -0.1) is 11.3 Å². The van der Waals surface area contributed by atoms with Gasteiger partial charge in [0.05, 0.1) is 16.1 Å². The lowest BCUT2D eigenvalue weighted by Crippen LogP contribution is -2.50. The van der Waals surface area contributed by atoms with Crippen molar-refractivity contribution in [3.63, 3.8) is 0 Å². The zero-order valence-electron chi connectivity index (χ0n) is 16.7. The van der Waals surface area contributed by atoms with E-state index < -0.39 is 17.9 Å². The molecule has 2 aromatic heterocycles. The lowest BCUT2D eigenvalue weighted by molar-refractivity contribution is -0.131. The third-order valence-corrected chi connectivity index (χ3v) is 5.71. The summed E-state index contributed by atoms with van der Waals surface area (Å²) in [5.41, 5.74) is 6.57. The number of fused-ring (bicyclic) bond motifs is 1.